The Hall–Kier alpha value is -2.50. The van der Waals surface area contributed by atoms with Gasteiger partial charge in [0.1, 0.15) is 17.6 Å². The Morgan fingerprint density at radius 1 is 1.36 bits per heavy atom. The molecular weight excluding hydrogens is 322 g/mol. The van der Waals surface area contributed by atoms with Gasteiger partial charge in [-0.3, -0.25) is 4.79 Å². The third-order valence-corrected chi connectivity index (χ3v) is 3.64. The molecule has 0 unspecified atom stereocenters. The molecule has 0 spiro atoms. The van der Waals surface area contributed by atoms with Crippen LogP contribution in [0.1, 0.15) is 38.3 Å². The monoisotopic (exact) mass is 347 g/mol. The van der Waals surface area contributed by atoms with Gasteiger partial charge in [-0.25, -0.2) is 4.79 Å². The number of benzene rings is 1. The van der Waals surface area contributed by atoms with Gasteiger partial charge in [0, 0.05) is 30.2 Å². The predicted molar refractivity (Wildman–Crippen MR) is 94.7 cm³/mol. The molecule has 1 aromatic carbocycles. The number of hydrogen-bond donors (Lipinski definition) is 1. The number of carbonyl (C=O) groups is 2. The molecule has 1 heterocycles. The molecule has 2 rings (SSSR count). The summed E-state index contributed by atoms with van der Waals surface area (Å²) in [6.45, 7) is 6.67. The van der Waals surface area contributed by atoms with Crippen LogP contribution in [0.25, 0.3) is 6.08 Å². The summed E-state index contributed by atoms with van der Waals surface area (Å²) in [5, 5.41) is 2.64. The number of amides is 1. The second kappa shape index (κ2) is 9.11. The molecule has 0 radical (unpaired) electrons. The Labute approximate surface area is 148 Å². The molecule has 1 aliphatic rings. The highest BCUT2D eigenvalue weighted by Crippen LogP contribution is 2.35. The van der Waals surface area contributed by atoms with Crippen LogP contribution in [0.3, 0.4) is 0 Å². The summed E-state index contributed by atoms with van der Waals surface area (Å²) in [6.07, 6.45) is 4.71. The normalized spacial score (nSPS) is 15.6. The fourth-order valence-electron chi connectivity index (χ4n) is 2.52. The van der Waals surface area contributed by atoms with Gasteiger partial charge >= 0.3 is 5.97 Å². The van der Waals surface area contributed by atoms with Crippen molar-refractivity contribution in [3.8, 4) is 11.5 Å². The summed E-state index contributed by atoms with van der Waals surface area (Å²) >= 11 is 0. The van der Waals surface area contributed by atoms with Crippen molar-refractivity contribution in [2.75, 3.05) is 19.8 Å². The lowest BCUT2D eigenvalue weighted by Gasteiger charge is -2.10. The lowest BCUT2D eigenvalue weighted by Crippen LogP contribution is -2.28. The van der Waals surface area contributed by atoms with Crippen molar-refractivity contribution >= 4 is 18.0 Å². The predicted octanol–water partition coefficient (Wildman–Crippen LogP) is 2.49. The van der Waals surface area contributed by atoms with Crippen molar-refractivity contribution in [3.63, 3.8) is 0 Å². The summed E-state index contributed by atoms with van der Waals surface area (Å²) < 4.78 is 16.3. The first-order chi connectivity index (χ1) is 12.0. The van der Waals surface area contributed by atoms with E-state index in [4.69, 9.17) is 14.2 Å². The first-order valence-electron chi connectivity index (χ1n) is 8.61. The van der Waals surface area contributed by atoms with Gasteiger partial charge in [0.25, 0.3) is 5.91 Å². The molecule has 6 nitrogen and oxygen atoms in total. The molecule has 6 heteroatoms. The fraction of sp³-hybridized carbons (Fsp3) is 0.474. The van der Waals surface area contributed by atoms with Crippen LogP contribution >= 0.6 is 0 Å². The summed E-state index contributed by atoms with van der Waals surface area (Å²) in [6, 6.07) is 3.81. The number of nitrogens with one attached hydrogen (secondary N) is 1. The Morgan fingerprint density at radius 2 is 2.16 bits per heavy atom. The highest BCUT2D eigenvalue weighted by Gasteiger charge is 2.21. The van der Waals surface area contributed by atoms with E-state index in [2.05, 4.69) is 5.32 Å². The average Bonchev–Trinajstić information content (AvgIpc) is 2.95. The summed E-state index contributed by atoms with van der Waals surface area (Å²) in [5.41, 5.74) is 1.84. The highest BCUT2D eigenvalue weighted by atomic mass is 16.5. The minimum absolute atomic E-state index is 0.135. The Kier molecular flexibility index (Phi) is 6.86. The number of fused-ring (bicyclic) bond motifs is 1. The van der Waals surface area contributed by atoms with Crippen LogP contribution in [0.5, 0.6) is 11.5 Å². The molecule has 1 atom stereocenters. The standard InChI is InChI=1S/C19H25NO5/c1-4-8-20-18(21)12-24-19(22)7-6-14-10-17-15(9-13(3)25-17)11-16(14)23-5-2/h6-7,10-11,13H,4-5,8-9,12H2,1-3H3,(H,20,21)/b7-6+/t13-/m1/s1. The van der Waals surface area contributed by atoms with Gasteiger partial charge in [-0.1, -0.05) is 6.92 Å². The van der Waals surface area contributed by atoms with Crippen molar-refractivity contribution in [2.24, 2.45) is 0 Å². The lowest BCUT2D eigenvalue weighted by molar-refractivity contribution is -0.143. The van der Waals surface area contributed by atoms with E-state index in [9.17, 15) is 9.59 Å². The second-order valence-corrected chi connectivity index (χ2v) is 5.85. The largest absolute Gasteiger partial charge is 0.493 e. The fourth-order valence-corrected chi connectivity index (χ4v) is 2.52. The summed E-state index contributed by atoms with van der Waals surface area (Å²) in [7, 11) is 0. The molecule has 1 amide bonds. The minimum atomic E-state index is -0.580. The molecule has 25 heavy (non-hydrogen) atoms. The van der Waals surface area contributed by atoms with E-state index in [1.54, 1.807) is 6.08 Å². The first-order valence-corrected chi connectivity index (χ1v) is 8.61. The third-order valence-electron chi connectivity index (χ3n) is 3.64. The number of rotatable bonds is 8. The van der Waals surface area contributed by atoms with E-state index >= 15 is 0 Å². The van der Waals surface area contributed by atoms with Crippen LogP contribution in [0.15, 0.2) is 18.2 Å². The lowest BCUT2D eigenvalue weighted by atomic mass is 10.1. The Morgan fingerprint density at radius 3 is 2.88 bits per heavy atom. The summed E-state index contributed by atoms with van der Waals surface area (Å²) in [4.78, 5) is 23.2. The second-order valence-electron chi connectivity index (χ2n) is 5.85. The van der Waals surface area contributed by atoms with Crippen molar-refractivity contribution in [1.82, 2.24) is 5.32 Å². The van der Waals surface area contributed by atoms with Crippen molar-refractivity contribution in [1.29, 1.82) is 0 Å². The number of ether oxygens (including phenoxy) is 3. The Bertz CT molecular complexity index is 653. The van der Waals surface area contributed by atoms with Gasteiger partial charge in [-0.05, 0) is 38.5 Å². The van der Waals surface area contributed by atoms with Crippen LogP contribution < -0.4 is 14.8 Å². The van der Waals surface area contributed by atoms with E-state index in [0.29, 0.717) is 18.9 Å². The van der Waals surface area contributed by atoms with Crippen LogP contribution in [0.2, 0.25) is 0 Å². The molecule has 1 N–H and O–H groups in total. The van der Waals surface area contributed by atoms with Gasteiger partial charge in [-0.15, -0.1) is 0 Å². The highest BCUT2D eigenvalue weighted by molar-refractivity contribution is 5.89. The maximum absolute atomic E-state index is 11.8. The van der Waals surface area contributed by atoms with Gasteiger partial charge in [0.05, 0.1) is 6.61 Å². The molecule has 0 saturated carbocycles. The number of hydrogen-bond acceptors (Lipinski definition) is 5. The maximum atomic E-state index is 11.8. The van der Waals surface area contributed by atoms with Crippen LogP contribution in [0.4, 0.5) is 0 Å². The molecule has 0 aromatic heterocycles. The number of esters is 1. The molecule has 0 saturated heterocycles. The van der Waals surface area contributed by atoms with E-state index in [0.717, 1.165) is 29.7 Å². The quantitative estimate of drug-likeness (QED) is 0.578. The minimum Gasteiger partial charge on any atom is -0.493 e. The molecule has 1 aliphatic heterocycles. The molecule has 0 fully saturated rings. The van der Waals surface area contributed by atoms with Crippen LogP contribution in [0, 0.1) is 0 Å². The van der Waals surface area contributed by atoms with Gasteiger partial charge in [0.15, 0.2) is 6.61 Å². The van der Waals surface area contributed by atoms with Gasteiger partial charge in [0.2, 0.25) is 0 Å². The van der Waals surface area contributed by atoms with Crippen molar-refractivity contribution in [2.45, 2.75) is 39.7 Å². The topological polar surface area (TPSA) is 73.9 Å². The van der Waals surface area contributed by atoms with E-state index < -0.39 is 5.97 Å². The zero-order chi connectivity index (χ0) is 18.2. The van der Waals surface area contributed by atoms with Crippen LogP contribution in [-0.2, 0) is 20.7 Å². The van der Waals surface area contributed by atoms with E-state index in [1.165, 1.54) is 6.08 Å². The van der Waals surface area contributed by atoms with Gasteiger partial charge in [-0.2, -0.15) is 0 Å². The molecular formula is C19H25NO5. The molecule has 1 aromatic rings. The third kappa shape index (κ3) is 5.52. The van der Waals surface area contributed by atoms with Crippen molar-refractivity contribution < 1.29 is 23.8 Å². The molecule has 136 valence electrons. The average molecular weight is 347 g/mol. The molecule has 0 bridgehead atoms. The number of carbonyl (C=O) groups excluding carboxylic acids is 2. The molecule has 0 aliphatic carbocycles. The zero-order valence-electron chi connectivity index (χ0n) is 15.0. The van der Waals surface area contributed by atoms with E-state index in [-0.39, 0.29) is 18.6 Å². The van der Waals surface area contributed by atoms with Gasteiger partial charge < -0.3 is 19.5 Å². The van der Waals surface area contributed by atoms with E-state index in [1.807, 2.05) is 32.9 Å². The smallest absolute Gasteiger partial charge is 0.331 e. The summed E-state index contributed by atoms with van der Waals surface area (Å²) in [5.74, 6) is 0.619. The maximum Gasteiger partial charge on any atom is 0.331 e. The van der Waals surface area contributed by atoms with Crippen molar-refractivity contribution in [3.05, 3.63) is 29.3 Å². The first kappa shape index (κ1) is 18.8. The zero-order valence-corrected chi connectivity index (χ0v) is 15.0. The Balaban J connectivity index is 2.00. The SMILES string of the molecule is CCCNC(=O)COC(=O)/C=C/c1cc2c(cc1OCC)C[C@@H](C)O2. The van der Waals surface area contributed by atoms with Crippen LogP contribution in [-0.4, -0.2) is 37.7 Å².